The molecule has 0 aliphatic rings. The van der Waals surface area contributed by atoms with Gasteiger partial charge in [0, 0.05) is 25.2 Å². The van der Waals surface area contributed by atoms with Crippen molar-refractivity contribution in [3.05, 3.63) is 42.0 Å². The number of ether oxygens (including phenoxy) is 1. The van der Waals surface area contributed by atoms with E-state index in [0.29, 0.717) is 12.2 Å². The maximum Gasteiger partial charge on any atom is 0.407 e. The summed E-state index contributed by atoms with van der Waals surface area (Å²) in [6.07, 6.45) is 2.72. The van der Waals surface area contributed by atoms with Crippen LogP contribution in [0.3, 0.4) is 0 Å². The van der Waals surface area contributed by atoms with E-state index in [4.69, 9.17) is 4.74 Å². The lowest BCUT2D eigenvalue weighted by atomic mass is 10.2. The topological polar surface area (TPSA) is 96.5 Å². The Hall–Kier alpha value is -2.83. The first-order valence-corrected chi connectivity index (χ1v) is 8.46. The summed E-state index contributed by atoms with van der Waals surface area (Å²) in [6, 6.07) is 7.17. The third kappa shape index (κ3) is 9.46. The van der Waals surface area contributed by atoms with Gasteiger partial charge < -0.3 is 20.7 Å². The number of rotatable bonds is 7. The van der Waals surface area contributed by atoms with E-state index in [2.05, 4.69) is 16.0 Å². The number of nitrogens with one attached hydrogen (secondary N) is 3. The molecule has 0 aromatic heterocycles. The first kappa shape index (κ1) is 21.2. The molecule has 0 heterocycles. The van der Waals surface area contributed by atoms with Gasteiger partial charge in [0.15, 0.2) is 0 Å². The van der Waals surface area contributed by atoms with Crippen LogP contribution in [0.2, 0.25) is 0 Å². The fourth-order valence-corrected chi connectivity index (χ4v) is 1.92. The van der Waals surface area contributed by atoms with Gasteiger partial charge in [-0.3, -0.25) is 9.59 Å². The van der Waals surface area contributed by atoms with Gasteiger partial charge >= 0.3 is 6.09 Å². The van der Waals surface area contributed by atoms with Crippen molar-refractivity contribution in [1.29, 1.82) is 0 Å². The molecule has 0 unspecified atom stereocenters. The molecule has 0 radical (unpaired) electrons. The predicted molar refractivity (Wildman–Crippen MR) is 101 cm³/mol. The van der Waals surface area contributed by atoms with Gasteiger partial charge in [-0.1, -0.05) is 18.2 Å². The van der Waals surface area contributed by atoms with Crippen LogP contribution in [0.5, 0.6) is 0 Å². The molecule has 1 aromatic rings. The number of hydrogen-bond acceptors (Lipinski definition) is 4. The Morgan fingerprint density at radius 1 is 1.08 bits per heavy atom. The lowest BCUT2D eigenvalue weighted by Crippen LogP contribution is -2.34. The summed E-state index contributed by atoms with van der Waals surface area (Å²) in [5.41, 5.74) is 1.00. The minimum absolute atomic E-state index is 0.139. The van der Waals surface area contributed by atoms with Crippen LogP contribution < -0.4 is 16.0 Å². The number of alkyl carbamates (subject to hydrolysis) is 1. The molecular formula is C19H27N3O4. The number of allylic oxidation sites excluding steroid dienone is 1. The molecule has 0 atom stereocenters. The zero-order chi connectivity index (χ0) is 19.6. The van der Waals surface area contributed by atoms with Crippen LogP contribution in [-0.4, -0.2) is 30.1 Å². The first-order valence-electron chi connectivity index (χ1n) is 8.46. The maximum absolute atomic E-state index is 11.9. The Morgan fingerprint density at radius 3 is 2.31 bits per heavy atom. The highest BCUT2D eigenvalue weighted by atomic mass is 16.6. The minimum atomic E-state index is -0.569. The van der Waals surface area contributed by atoms with Crippen LogP contribution >= 0.6 is 0 Å². The van der Waals surface area contributed by atoms with Gasteiger partial charge in [-0.05, 0) is 51.5 Å². The van der Waals surface area contributed by atoms with Gasteiger partial charge in [-0.25, -0.2) is 4.79 Å². The summed E-state index contributed by atoms with van der Waals surface area (Å²) in [4.78, 5) is 34.7. The average molecular weight is 361 g/mol. The highest BCUT2D eigenvalue weighted by Gasteiger charge is 2.15. The monoisotopic (exact) mass is 361 g/mol. The number of hydrogen-bond donors (Lipinski definition) is 3. The summed E-state index contributed by atoms with van der Waals surface area (Å²) in [5, 5.41) is 8.03. The molecule has 7 heteroatoms. The van der Waals surface area contributed by atoms with E-state index in [1.54, 1.807) is 45.9 Å². The molecule has 0 spiro atoms. The summed E-state index contributed by atoms with van der Waals surface area (Å²) in [7, 11) is 0. The van der Waals surface area contributed by atoms with Crippen molar-refractivity contribution in [3.8, 4) is 0 Å². The summed E-state index contributed by atoms with van der Waals surface area (Å²) in [5.74, 6) is -0.363. The SMILES string of the molecule is C/C=C/C(=O)NCc1ccc(NC(=O)CCNC(=O)OC(C)(C)C)cc1. The molecule has 0 saturated heterocycles. The van der Waals surface area contributed by atoms with Crippen LogP contribution in [-0.2, 0) is 20.9 Å². The predicted octanol–water partition coefficient (Wildman–Crippen LogP) is 2.73. The molecule has 0 fully saturated rings. The fourth-order valence-electron chi connectivity index (χ4n) is 1.92. The highest BCUT2D eigenvalue weighted by molar-refractivity contribution is 5.91. The van der Waals surface area contributed by atoms with E-state index in [0.717, 1.165) is 5.56 Å². The van der Waals surface area contributed by atoms with Gasteiger partial charge in [0.05, 0.1) is 0 Å². The van der Waals surface area contributed by atoms with Crippen LogP contribution in [0.1, 0.15) is 39.7 Å². The second-order valence-corrected chi connectivity index (χ2v) is 6.64. The summed E-state index contributed by atoms with van der Waals surface area (Å²) >= 11 is 0. The number of amides is 3. The van der Waals surface area contributed by atoms with E-state index in [9.17, 15) is 14.4 Å². The lowest BCUT2D eigenvalue weighted by molar-refractivity contribution is -0.117. The number of anilines is 1. The smallest absolute Gasteiger partial charge is 0.407 e. The van der Waals surface area contributed by atoms with Gasteiger partial charge in [0.2, 0.25) is 11.8 Å². The van der Waals surface area contributed by atoms with Crippen molar-refractivity contribution in [1.82, 2.24) is 10.6 Å². The average Bonchev–Trinajstić information content (AvgIpc) is 2.53. The fraction of sp³-hybridized carbons (Fsp3) is 0.421. The third-order valence-electron chi connectivity index (χ3n) is 3.04. The van der Waals surface area contributed by atoms with Crippen molar-refractivity contribution in [2.24, 2.45) is 0 Å². The van der Waals surface area contributed by atoms with E-state index in [-0.39, 0.29) is 24.8 Å². The van der Waals surface area contributed by atoms with Crippen molar-refractivity contribution >= 4 is 23.6 Å². The Morgan fingerprint density at radius 2 is 1.73 bits per heavy atom. The Bertz CT molecular complexity index is 646. The number of carbonyl (C=O) groups is 3. The van der Waals surface area contributed by atoms with E-state index in [1.807, 2.05) is 12.1 Å². The second kappa shape index (κ2) is 10.2. The molecule has 7 nitrogen and oxygen atoms in total. The van der Waals surface area contributed by atoms with Crippen molar-refractivity contribution in [2.75, 3.05) is 11.9 Å². The quantitative estimate of drug-likeness (QED) is 0.651. The van der Waals surface area contributed by atoms with E-state index in [1.165, 1.54) is 6.08 Å². The molecule has 1 aromatic carbocycles. The van der Waals surface area contributed by atoms with E-state index < -0.39 is 11.7 Å². The molecule has 142 valence electrons. The normalized spacial score (nSPS) is 11.1. The van der Waals surface area contributed by atoms with E-state index >= 15 is 0 Å². The van der Waals surface area contributed by atoms with Gasteiger partial charge in [0.1, 0.15) is 5.60 Å². The third-order valence-corrected chi connectivity index (χ3v) is 3.04. The van der Waals surface area contributed by atoms with Gasteiger partial charge in [0.25, 0.3) is 0 Å². The molecule has 0 aliphatic carbocycles. The Kier molecular flexibility index (Phi) is 8.34. The second-order valence-electron chi connectivity index (χ2n) is 6.64. The van der Waals surface area contributed by atoms with Crippen molar-refractivity contribution < 1.29 is 19.1 Å². The molecule has 0 bridgehead atoms. The largest absolute Gasteiger partial charge is 0.444 e. The number of benzene rings is 1. The molecule has 3 N–H and O–H groups in total. The van der Waals surface area contributed by atoms with Gasteiger partial charge in [-0.2, -0.15) is 0 Å². The summed E-state index contributed by atoms with van der Waals surface area (Å²) in [6.45, 7) is 7.70. The zero-order valence-corrected chi connectivity index (χ0v) is 15.7. The molecule has 1 rings (SSSR count). The first-order chi connectivity index (χ1) is 12.2. The molecule has 0 aliphatic heterocycles. The van der Waals surface area contributed by atoms with Crippen LogP contribution in [0.15, 0.2) is 36.4 Å². The van der Waals surface area contributed by atoms with Crippen LogP contribution in [0.4, 0.5) is 10.5 Å². The van der Waals surface area contributed by atoms with Crippen LogP contribution in [0.25, 0.3) is 0 Å². The lowest BCUT2D eigenvalue weighted by Gasteiger charge is -2.19. The zero-order valence-electron chi connectivity index (χ0n) is 15.7. The maximum atomic E-state index is 11.9. The van der Waals surface area contributed by atoms with Crippen molar-refractivity contribution in [3.63, 3.8) is 0 Å². The molecular weight excluding hydrogens is 334 g/mol. The summed E-state index contributed by atoms with van der Waals surface area (Å²) < 4.78 is 5.09. The van der Waals surface area contributed by atoms with Crippen molar-refractivity contribution in [2.45, 2.75) is 46.3 Å². The molecule has 3 amide bonds. The number of carbonyl (C=O) groups excluding carboxylic acids is 3. The minimum Gasteiger partial charge on any atom is -0.444 e. The molecule has 0 saturated carbocycles. The Balaban J connectivity index is 2.34. The molecule has 26 heavy (non-hydrogen) atoms. The highest BCUT2D eigenvalue weighted by Crippen LogP contribution is 2.10. The standard InChI is InChI=1S/C19H27N3O4/c1-5-6-16(23)21-13-14-7-9-15(10-8-14)22-17(24)11-12-20-18(25)26-19(2,3)4/h5-10H,11-13H2,1-4H3,(H,20,25)(H,21,23)(H,22,24)/b6-5+. The van der Waals surface area contributed by atoms with Crippen LogP contribution in [0, 0.1) is 0 Å². The van der Waals surface area contributed by atoms with Gasteiger partial charge in [-0.15, -0.1) is 0 Å². The Labute approximate surface area is 154 Å².